The largest absolute Gasteiger partial charge is 0.316 e. The molecule has 0 amide bonds. The summed E-state index contributed by atoms with van der Waals surface area (Å²) in [5, 5.41) is 3.09. The first-order valence-corrected chi connectivity index (χ1v) is 7.18. The van der Waals surface area contributed by atoms with E-state index in [1.165, 1.54) is 0 Å². The maximum Gasteiger partial charge on any atom is 0.181 e. The topological polar surface area (TPSA) is 46.2 Å². The molecule has 1 aliphatic rings. The minimum Gasteiger partial charge on any atom is -0.316 e. The van der Waals surface area contributed by atoms with Gasteiger partial charge in [0.1, 0.15) is 16.5 Å². The van der Waals surface area contributed by atoms with Crippen molar-refractivity contribution in [2.45, 2.75) is 17.2 Å². The van der Waals surface area contributed by atoms with Crippen molar-refractivity contribution in [2.75, 3.05) is 19.3 Å². The Morgan fingerprint density at radius 3 is 2.29 bits per heavy atom. The molecular weight excluding hydrogens is 248 g/mol. The molecule has 0 bridgehead atoms. The second kappa shape index (κ2) is 4.34. The normalized spacial score (nSPS) is 20.8. The smallest absolute Gasteiger partial charge is 0.181 e. The van der Waals surface area contributed by atoms with Crippen molar-refractivity contribution in [3.05, 3.63) is 29.3 Å². The monoisotopic (exact) mass is 261 g/mol. The van der Waals surface area contributed by atoms with Crippen LogP contribution in [0.3, 0.4) is 0 Å². The minimum absolute atomic E-state index is 0.0487. The van der Waals surface area contributed by atoms with E-state index in [2.05, 4.69) is 5.32 Å². The first kappa shape index (κ1) is 12.4. The third-order valence-corrected chi connectivity index (χ3v) is 4.05. The Hall–Kier alpha value is -1.01. The molecule has 1 aliphatic heterocycles. The van der Waals surface area contributed by atoms with Gasteiger partial charge in [0.05, 0.1) is 0 Å². The molecule has 6 heteroatoms. The number of hydrogen-bond acceptors (Lipinski definition) is 3. The Morgan fingerprint density at radius 2 is 1.88 bits per heavy atom. The van der Waals surface area contributed by atoms with E-state index in [0.717, 1.165) is 31.4 Å². The summed E-state index contributed by atoms with van der Waals surface area (Å²) in [6.45, 7) is 1.47. The summed E-state index contributed by atoms with van der Waals surface area (Å²) in [5.74, 6) is -1.96. The van der Waals surface area contributed by atoms with E-state index in [9.17, 15) is 17.2 Å². The summed E-state index contributed by atoms with van der Waals surface area (Å²) in [4.78, 5) is -0.841. The van der Waals surface area contributed by atoms with E-state index in [4.69, 9.17) is 0 Å². The fourth-order valence-electron chi connectivity index (χ4n) is 2.11. The standard InChI is InChI=1S/C11H13F2NO2S/c1-17(15,16)11-9(12)4-8(5-10(11)13)7-2-3-14-6-7/h4-5,7,14H,2-3,6H2,1H3. The van der Waals surface area contributed by atoms with Crippen LogP contribution in [0.25, 0.3) is 0 Å². The van der Waals surface area contributed by atoms with E-state index in [0.29, 0.717) is 12.1 Å². The number of hydrogen-bond donors (Lipinski definition) is 1. The Balaban J connectivity index is 2.48. The lowest BCUT2D eigenvalue weighted by Crippen LogP contribution is -2.10. The Bertz CT molecular complexity index is 513. The minimum atomic E-state index is -3.87. The predicted octanol–water partition coefficient (Wildman–Crippen LogP) is 1.45. The van der Waals surface area contributed by atoms with Crippen LogP contribution in [0.1, 0.15) is 17.9 Å². The second-order valence-electron chi connectivity index (χ2n) is 4.28. The van der Waals surface area contributed by atoms with Crippen LogP contribution >= 0.6 is 0 Å². The lowest BCUT2D eigenvalue weighted by Gasteiger charge is -2.11. The molecule has 1 aromatic carbocycles. The summed E-state index contributed by atoms with van der Waals surface area (Å²) < 4.78 is 49.7. The van der Waals surface area contributed by atoms with Crippen molar-refractivity contribution >= 4 is 9.84 Å². The van der Waals surface area contributed by atoms with Gasteiger partial charge >= 0.3 is 0 Å². The molecule has 1 saturated heterocycles. The van der Waals surface area contributed by atoms with Gasteiger partial charge < -0.3 is 5.32 Å². The Morgan fingerprint density at radius 1 is 1.29 bits per heavy atom. The molecule has 1 unspecified atom stereocenters. The van der Waals surface area contributed by atoms with Crippen molar-refractivity contribution in [3.63, 3.8) is 0 Å². The van der Waals surface area contributed by atoms with Gasteiger partial charge in [0.2, 0.25) is 0 Å². The van der Waals surface area contributed by atoms with Crippen LogP contribution in [0.4, 0.5) is 8.78 Å². The third kappa shape index (κ3) is 2.47. The molecule has 1 atom stereocenters. The number of benzene rings is 1. The van der Waals surface area contributed by atoms with E-state index in [-0.39, 0.29) is 5.92 Å². The number of halogens is 2. The summed E-state index contributed by atoms with van der Waals surface area (Å²) >= 11 is 0. The van der Waals surface area contributed by atoms with Gasteiger partial charge in [-0.15, -0.1) is 0 Å². The zero-order valence-electron chi connectivity index (χ0n) is 9.33. The lowest BCUT2D eigenvalue weighted by molar-refractivity contribution is 0.516. The van der Waals surface area contributed by atoms with Gasteiger partial charge in [-0.05, 0) is 36.6 Å². The molecule has 0 aliphatic carbocycles. The van der Waals surface area contributed by atoms with Gasteiger partial charge in [0.25, 0.3) is 0 Å². The molecule has 0 saturated carbocycles. The lowest BCUT2D eigenvalue weighted by atomic mass is 9.98. The average molecular weight is 261 g/mol. The van der Waals surface area contributed by atoms with Crippen LogP contribution in [0.15, 0.2) is 17.0 Å². The van der Waals surface area contributed by atoms with Gasteiger partial charge in [-0.3, -0.25) is 0 Å². The molecule has 2 rings (SSSR count). The van der Waals surface area contributed by atoms with Crippen molar-refractivity contribution in [1.29, 1.82) is 0 Å². The highest BCUT2D eigenvalue weighted by Crippen LogP contribution is 2.27. The first-order valence-electron chi connectivity index (χ1n) is 5.29. The van der Waals surface area contributed by atoms with Crippen molar-refractivity contribution in [3.8, 4) is 0 Å². The summed E-state index contributed by atoms with van der Waals surface area (Å²) in [6, 6.07) is 2.24. The van der Waals surface area contributed by atoms with Gasteiger partial charge in [-0.1, -0.05) is 0 Å². The van der Waals surface area contributed by atoms with Crippen molar-refractivity contribution < 1.29 is 17.2 Å². The molecular formula is C11H13F2NO2S. The summed E-state index contributed by atoms with van der Waals surface area (Å²) in [6.07, 6.45) is 1.60. The zero-order chi connectivity index (χ0) is 12.6. The summed E-state index contributed by atoms with van der Waals surface area (Å²) in [7, 11) is -3.87. The molecule has 3 nitrogen and oxygen atoms in total. The maximum atomic E-state index is 13.6. The van der Waals surface area contributed by atoms with Crippen LogP contribution in [0, 0.1) is 11.6 Å². The van der Waals surface area contributed by atoms with E-state index < -0.39 is 26.4 Å². The first-order chi connectivity index (χ1) is 7.89. The van der Waals surface area contributed by atoms with Crippen LogP contribution in [-0.4, -0.2) is 27.8 Å². The van der Waals surface area contributed by atoms with Crippen molar-refractivity contribution in [1.82, 2.24) is 5.32 Å². The number of rotatable bonds is 2. The SMILES string of the molecule is CS(=O)(=O)c1c(F)cc(C2CCNC2)cc1F. The molecule has 1 heterocycles. The molecule has 0 spiro atoms. The van der Waals surface area contributed by atoms with Crippen LogP contribution in [-0.2, 0) is 9.84 Å². The molecule has 1 aromatic rings. The molecule has 1 N–H and O–H groups in total. The highest BCUT2D eigenvalue weighted by atomic mass is 32.2. The predicted molar refractivity (Wildman–Crippen MR) is 59.7 cm³/mol. The third-order valence-electron chi connectivity index (χ3n) is 2.92. The van der Waals surface area contributed by atoms with Crippen LogP contribution in [0.2, 0.25) is 0 Å². The van der Waals surface area contributed by atoms with Crippen LogP contribution < -0.4 is 5.32 Å². The Kier molecular flexibility index (Phi) is 3.18. The average Bonchev–Trinajstić information content (AvgIpc) is 2.66. The number of sulfone groups is 1. The van der Waals surface area contributed by atoms with Gasteiger partial charge in [-0.25, -0.2) is 17.2 Å². The van der Waals surface area contributed by atoms with E-state index in [1.807, 2.05) is 0 Å². The van der Waals surface area contributed by atoms with E-state index in [1.54, 1.807) is 0 Å². The van der Waals surface area contributed by atoms with Crippen LogP contribution in [0.5, 0.6) is 0 Å². The highest BCUT2D eigenvalue weighted by Gasteiger charge is 2.24. The Labute approximate surface area is 98.8 Å². The van der Waals surface area contributed by atoms with Gasteiger partial charge in [-0.2, -0.15) is 0 Å². The van der Waals surface area contributed by atoms with Gasteiger partial charge in [0, 0.05) is 12.8 Å². The molecule has 17 heavy (non-hydrogen) atoms. The second-order valence-corrected chi connectivity index (χ2v) is 6.23. The van der Waals surface area contributed by atoms with Crippen molar-refractivity contribution in [2.24, 2.45) is 0 Å². The quantitative estimate of drug-likeness (QED) is 0.876. The molecule has 94 valence electrons. The molecule has 0 aromatic heterocycles. The van der Waals surface area contributed by atoms with E-state index >= 15 is 0 Å². The fourth-order valence-corrected chi connectivity index (χ4v) is 2.93. The van der Waals surface area contributed by atoms with Gasteiger partial charge in [0.15, 0.2) is 9.84 Å². The highest BCUT2D eigenvalue weighted by molar-refractivity contribution is 7.90. The maximum absolute atomic E-state index is 13.6. The molecule has 1 fully saturated rings. The fraction of sp³-hybridized carbons (Fsp3) is 0.455. The summed E-state index contributed by atoms with van der Waals surface area (Å²) in [5.41, 5.74) is 0.511. The zero-order valence-corrected chi connectivity index (χ0v) is 10.2. The molecule has 0 radical (unpaired) electrons. The number of nitrogens with one attached hydrogen (secondary N) is 1.